The van der Waals surface area contributed by atoms with Crippen LogP contribution in [0.25, 0.3) is 0 Å². The van der Waals surface area contributed by atoms with Gasteiger partial charge in [0.2, 0.25) is 0 Å². The summed E-state index contributed by atoms with van der Waals surface area (Å²) in [6.07, 6.45) is 0. The normalized spacial score (nSPS) is 10.6. The van der Waals surface area contributed by atoms with Gasteiger partial charge in [-0.15, -0.1) is 11.3 Å². The van der Waals surface area contributed by atoms with Gasteiger partial charge < -0.3 is 10.1 Å². The van der Waals surface area contributed by atoms with E-state index in [2.05, 4.69) is 51.7 Å². The fraction of sp³-hybridized carbons (Fsp3) is 0.286. The third-order valence-electron chi connectivity index (χ3n) is 2.49. The number of aryl methyl sites for hydroxylation is 1. The molecule has 0 saturated carbocycles. The molecule has 0 saturated heterocycles. The summed E-state index contributed by atoms with van der Waals surface area (Å²) in [5.41, 5.74) is 1.25. The summed E-state index contributed by atoms with van der Waals surface area (Å²) in [5.74, 6) is 0.932. The summed E-state index contributed by atoms with van der Waals surface area (Å²) in [6, 6.07) is 10.3. The summed E-state index contributed by atoms with van der Waals surface area (Å²) >= 11 is 5.20. The standard InChI is InChI=1S/C14H16BrNOS/c1-11-2-4-13(5-3-11)17-7-6-16-9-14-8-12(15)10-18-14/h2-5,8,10,16H,6-7,9H2,1H3. The van der Waals surface area contributed by atoms with Gasteiger partial charge in [0.15, 0.2) is 0 Å². The van der Waals surface area contributed by atoms with E-state index >= 15 is 0 Å². The lowest BCUT2D eigenvalue weighted by molar-refractivity contribution is 0.314. The molecule has 0 unspecified atom stereocenters. The Labute approximate surface area is 120 Å². The summed E-state index contributed by atoms with van der Waals surface area (Å²) in [4.78, 5) is 1.33. The van der Waals surface area contributed by atoms with Crippen LogP contribution in [-0.4, -0.2) is 13.2 Å². The number of halogens is 1. The van der Waals surface area contributed by atoms with Gasteiger partial charge in [-0.3, -0.25) is 0 Å². The van der Waals surface area contributed by atoms with Crippen LogP contribution < -0.4 is 10.1 Å². The van der Waals surface area contributed by atoms with E-state index in [9.17, 15) is 0 Å². The second kappa shape index (κ2) is 6.92. The van der Waals surface area contributed by atoms with E-state index in [0.717, 1.165) is 23.3 Å². The van der Waals surface area contributed by atoms with Crippen molar-refractivity contribution in [2.75, 3.05) is 13.2 Å². The number of nitrogens with one attached hydrogen (secondary N) is 1. The van der Waals surface area contributed by atoms with E-state index in [4.69, 9.17) is 4.74 Å². The van der Waals surface area contributed by atoms with E-state index in [1.54, 1.807) is 11.3 Å². The van der Waals surface area contributed by atoms with Gasteiger partial charge in [-0.05, 0) is 41.1 Å². The quantitative estimate of drug-likeness (QED) is 0.811. The van der Waals surface area contributed by atoms with Crippen molar-refractivity contribution >= 4 is 27.3 Å². The molecule has 1 aromatic carbocycles. The molecule has 4 heteroatoms. The van der Waals surface area contributed by atoms with Gasteiger partial charge >= 0.3 is 0 Å². The van der Waals surface area contributed by atoms with Gasteiger partial charge in [0.1, 0.15) is 12.4 Å². The first-order chi connectivity index (χ1) is 8.74. The van der Waals surface area contributed by atoms with Gasteiger partial charge in [-0.2, -0.15) is 0 Å². The Morgan fingerprint density at radius 2 is 2.06 bits per heavy atom. The van der Waals surface area contributed by atoms with Gasteiger partial charge in [0.25, 0.3) is 0 Å². The Kier molecular flexibility index (Phi) is 5.23. The Morgan fingerprint density at radius 1 is 1.28 bits per heavy atom. The molecule has 2 aromatic rings. The molecule has 0 fully saturated rings. The van der Waals surface area contributed by atoms with Crippen LogP contribution in [0, 0.1) is 6.92 Å². The molecule has 0 bridgehead atoms. The van der Waals surface area contributed by atoms with E-state index in [1.807, 2.05) is 12.1 Å². The van der Waals surface area contributed by atoms with E-state index in [-0.39, 0.29) is 0 Å². The van der Waals surface area contributed by atoms with Crippen molar-refractivity contribution < 1.29 is 4.74 Å². The number of ether oxygens (including phenoxy) is 1. The highest BCUT2D eigenvalue weighted by molar-refractivity contribution is 9.10. The average Bonchev–Trinajstić information content (AvgIpc) is 2.77. The minimum Gasteiger partial charge on any atom is -0.492 e. The zero-order valence-electron chi connectivity index (χ0n) is 10.3. The topological polar surface area (TPSA) is 21.3 Å². The molecule has 0 amide bonds. The summed E-state index contributed by atoms with van der Waals surface area (Å²) < 4.78 is 6.79. The number of thiophene rings is 1. The summed E-state index contributed by atoms with van der Waals surface area (Å²) in [5, 5.41) is 5.46. The van der Waals surface area contributed by atoms with Gasteiger partial charge in [0, 0.05) is 27.8 Å². The first-order valence-electron chi connectivity index (χ1n) is 5.87. The van der Waals surface area contributed by atoms with E-state index in [1.165, 1.54) is 10.4 Å². The molecule has 0 atom stereocenters. The second-order valence-corrected chi connectivity index (χ2v) is 5.98. The average molecular weight is 326 g/mol. The Bertz CT molecular complexity index is 481. The van der Waals surface area contributed by atoms with Crippen LogP contribution in [0.4, 0.5) is 0 Å². The highest BCUT2D eigenvalue weighted by Crippen LogP contribution is 2.19. The fourth-order valence-electron chi connectivity index (χ4n) is 1.53. The Hall–Kier alpha value is -0.840. The molecule has 1 N–H and O–H groups in total. The van der Waals surface area contributed by atoms with Crippen LogP contribution in [0.15, 0.2) is 40.2 Å². The lowest BCUT2D eigenvalue weighted by Gasteiger charge is -2.07. The van der Waals surface area contributed by atoms with Crippen LogP contribution in [0.2, 0.25) is 0 Å². The number of hydrogen-bond acceptors (Lipinski definition) is 3. The lowest BCUT2D eigenvalue weighted by atomic mass is 10.2. The molecule has 0 radical (unpaired) electrons. The van der Waals surface area contributed by atoms with Crippen LogP contribution in [-0.2, 0) is 6.54 Å². The Morgan fingerprint density at radius 3 is 2.72 bits per heavy atom. The Balaban J connectivity index is 1.63. The van der Waals surface area contributed by atoms with Crippen molar-refractivity contribution in [3.05, 3.63) is 50.6 Å². The largest absolute Gasteiger partial charge is 0.492 e. The van der Waals surface area contributed by atoms with E-state index in [0.29, 0.717) is 6.61 Å². The zero-order valence-corrected chi connectivity index (χ0v) is 12.7. The molecular weight excluding hydrogens is 310 g/mol. The predicted molar refractivity (Wildman–Crippen MR) is 80.4 cm³/mol. The van der Waals surface area contributed by atoms with Gasteiger partial charge in [-0.1, -0.05) is 17.7 Å². The van der Waals surface area contributed by atoms with Crippen LogP contribution >= 0.6 is 27.3 Å². The van der Waals surface area contributed by atoms with Crippen molar-refractivity contribution in [2.24, 2.45) is 0 Å². The maximum Gasteiger partial charge on any atom is 0.119 e. The lowest BCUT2D eigenvalue weighted by Crippen LogP contribution is -2.20. The number of hydrogen-bond donors (Lipinski definition) is 1. The van der Waals surface area contributed by atoms with Crippen molar-refractivity contribution in [3.8, 4) is 5.75 Å². The van der Waals surface area contributed by atoms with E-state index < -0.39 is 0 Å². The highest BCUT2D eigenvalue weighted by atomic mass is 79.9. The second-order valence-electron chi connectivity index (χ2n) is 4.07. The molecule has 18 heavy (non-hydrogen) atoms. The molecule has 2 rings (SSSR count). The highest BCUT2D eigenvalue weighted by Gasteiger charge is 1.97. The van der Waals surface area contributed by atoms with Gasteiger partial charge in [0.05, 0.1) is 0 Å². The molecule has 0 spiro atoms. The third-order valence-corrected chi connectivity index (χ3v) is 4.19. The zero-order chi connectivity index (χ0) is 12.8. The summed E-state index contributed by atoms with van der Waals surface area (Å²) in [7, 11) is 0. The first kappa shape index (κ1) is 13.6. The van der Waals surface area contributed by atoms with Crippen molar-refractivity contribution in [1.29, 1.82) is 0 Å². The molecule has 2 nitrogen and oxygen atoms in total. The third kappa shape index (κ3) is 4.44. The monoisotopic (exact) mass is 325 g/mol. The van der Waals surface area contributed by atoms with Crippen LogP contribution in [0.5, 0.6) is 5.75 Å². The van der Waals surface area contributed by atoms with Crippen LogP contribution in [0.1, 0.15) is 10.4 Å². The summed E-state index contributed by atoms with van der Waals surface area (Å²) in [6.45, 7) is 4.51. The minimum absolute atomic E-state index is 0.690. The van der Waals surface area contributed by atoms with Crippen molar-refractivity contribution in [1.82, 2.24) is 5.32 Å². The number of benzene rings is 1. The maximum absolute atomic E-state index is 5.64. The van der Waals surface area contributed by atoms with Crippen molar-refractivity contribution in [3.63, 3.8) is 0 Å². The SMILES string of the molecule is Cc1ccc(OCCNCc2cc(Br)cs2)cc1. The molecular formula is C14H16BrNOS. The molecule has 0 aliphatic carbocycles. The first-order valence-corrected chi connectivity index (χ1v) is 7.54. The van der Waals surface area contributed by atoms with Crippen LogP contribution in [0.3, 0.4) is 0 Å². The predicted octanol–water partition coefficient (Wildman–Crippen LogP) is 3.99. The van der Waals surface area contributed by atoms with Gasteiger partial charge in [-0.25, -0.2) is 0 Å². The maximum atomic E-state index is 5.64. The molecule has 1 heterocycles. The molecule has 0 aliphatic rings. The smallest absolute Gasteiger partial charge is 0.119 e. The molecule has 0 aliphatic heterocycles. The minimum atomic E-state index is 0.690. The number of rotatable bonds is 6. The fourth-order valence-corrected chi connectivity index (χ4v) is 2.95. The van der Waals surface area contributed by atoms with Crippen molar-refractivity contribution in [2.45, 2.75) is 13.5 Å². The molecule has 1 aromatic heterocycles. The molecule has 96 valence electrons.